The molecule has 0 bridgehead atoms. The Balaban J connectivity index is 2.41. The molecule has 2 aromatic carbocycles. The van der Waals surface area contributed by atoms with Gasteiger partial charge in [-0.25, -0.2) is 4.79 Å². The molecule has 20 heavy (non-hydrogen) atoms. The Hall–Kier alpha value is -2.26. The summed E-state index contributed by atoms with van der Waals surface area (Å²) in [4.78, 5) is 11.6. The Labute approximate surface area is 121 Å². The number of para-hydroxylation sites is 1. The van der Waals surface area contributed by atoms with Gasteiger partial charge in [-0.15, -0.1) is 0 Å². The van der Waals surface area contributed by atoms with Gasteiger partial charge in [-0.1, -0.05) is 41.9 Å². The van der Waals surface area contributed by atoms with Crippen LogP contribution in [0.15, 0.2) is 48.5 Å². The molecule has 3 nitrogen and oxygen atoms in total. The lowest BCUT2D eigenvalue weighted by molar-refractivity contribution is 0.0688. The number of aromatic carboxylic acids is 1. The lowest BCUT2D eigenvalue weighted by Crippen LogP contribution is -2.05. The monoisotopic (exact) mass is 285 g/mol. The molecule has 0 aliphatic carbocycles. The van der Waals surface area contributed by atoms with E-state index in [0.717, 1.165) is 22.0 Å². The van der Waals surface area contributed by atoms with Gasteiger partial charge in [-0.05, 0) is 23.8 Å². The molecule has 0 amide bonds. The number of nitrogens with zero attached hydrogens (tertiary/aromatic N) is 1. The zero-order valence-electron chi connectivity index (χ0n) is 10.8. The SMILES string of the molecule is Cn1c(C(=O)O)c(-c2ccc(Cl)cc2)c2ccccc21. The largest absolute Gasteiger partial charge is 0.477 e. The molecule has 3 aromatic rings. The van der Waals surface area contributed by atoms with Crippen LogP contribution in [-0.4, -0.2) is 15.6 Å². The molecule has 1 N–H and O–H groups in total. The van der Waals surface area contributed by atoms with Crippen LogP contribution in [0.4, 0.5) is 0 Å². The predicted octanol–water partition coefficient (Wildman–Crippen LogP) is 4.20. The number of carboxylic acid groups (broad SMARTS) is 1. The fourth-order valence-corrected chi connectivity index (χ4v) is 2.68. The zero-order chi connectivity index (χ0) is 14.3. The summed E-state index contributed by atoms with van der Waals surface area (Å²) in [6, 6.07) is 14.9. The van der Waals surface area contributed by atoms with Gasteiger partial charge in [0.05, 0.1) is 0 Å². The summed E-state index contributed by atoms with van der Waals surface area (Å²) in [6.45, 7) is 0. The average molecular weight is 286 g/mol. The van der Waals surface area contributed by atoms with Crippen LogP contribution >= 0.6 is 11.6 Å². The molecule has 100 valence electrons. The van der Waals surface area contributed by atoms with Crippen LogP contribution in [0, 0.1) is 0 Å². The first kappa shape index (κ1) is 12.8. The minimum absolute atomic E-state index is 0.286. The highest BCUT2D eigenvalue weighted by Gasteiger charge is 2.21. The number of carbonyl (C=O) groups is 1. The molecule has 1 aromatic heterocycles. The van der Waals surface area contributed by atoms with Crippen molar-refractivity contribution in [2.45, 2.75) is 0 Å². The van der Waals surface area contributed by atoms with Crippen molar-refractivity contribution < 1.29 is 9.90 Å². The number of halogens is 1. The summed E-state index contributed by atoms with van der Waals surface area (Å²) in [5, 5.41) is 11.1. The Morgan fingerprint density at radius 3 is 2.40 bits per heavy atom. The summed E-state index contributed by atoms with van der Waals surface area (Å²) in [5.74, 6) is -0.936. The van der Waals surface area contributed by atoms with Gasteiger partial charge < -0.3 is 9.67 Å². The van der Waals surface area contributed by atoms with Gasteiger partial charge in [0, 0.05) is 28.5 Å². The second-order valence-electron chi connectivity index (χ2n) is 4.61. The van der Waals surface area contributed by atoms with Crippen LogP contribution in [0.25, 0.3) is 22.0 Å². The van der Waals surface area contributed by atoms with Crippen LogP contribution < -0.4 is 0 Å². The third kappa shape index (κ3) is 1.87. The van der Waals surface area contributed by atoms with Crippen LogP contribution in [0.2, 0.25) is 5.02 Å². The van der Waals surface area contributed by atoms with E-state index in [1.54, 1.807) is 23.7 Å². The number of rotatable bonds is 2. The predicted molar refractivity (Wildman–Crippen MR) is 80.3 cm³/mol. The van der Waals surface area contributed by atoms with E-state index in [2.05, 4.69) is 0 Å². The second kappa shape index (κ2) is 4.69. The van der Waals surface area contributed by atoms with E-state index >= 15 is 0 Å². The van der Waals surface area contributed by atoms with E-state index in [0.29, 0.717) is 5.02 Å². The summed E-state index contributed by atoms with van der Waals surface area (Å²) < 4.78 is 1.71. The second-order valence-corrected chi connectivity index (χ2v) is 5.05. The lowest BCUT2D eigenvalue weighted by atomic mass is 10.0. The van der Waals surface area contributed by atoms with Crippen LogP contribution in [0.1, 0.15) is 10.5 Å². The summed E-state index contributed by atoms with van der Waals surface area (Å²) >= 11 is 5.90. The molecule has 0 fully saturated rings. The molecule has 0 aliphatic heterocycles. The van der Waals surface area contributed by atoms with Crippen molar-refractivity contribution in [3.05, 3.63) is 59.2 Å². The van der Waals surface area contributed by atoms with Gasteiger partial charge >= 0.3 is 5.97 Å². The molecular formula is C16H12ClNO2. The zero-order valence-corrected chi connectivity index (χ0v) is 11.6. The van der Waals surface area contributed by atoms with E-state index in [-0.39, 0.29) is 5.69 Å². The first-order valence-corrected chi connectivity index (χ1v) is 6.54. The third-order valence-electron chi connectivity index (χ3n) is 3.44. The first-order chi connectivity index (χ1) is 9.59. The van der Waals surface area contributed by atoms with Gasteiger partial charge in [0.2, 0.25) is 0 Å². The third-order valence-corrected chi connectivity index (χ3v) is 3.69. The molecule has 4 heteroatoms. The van der Waals surface area contributed by atoms with Crippen molar-refractivity contribution in [3.8, 4) is 11.1 Å². The van der Waals surface area contributed by atoms with Crippen molar-refractivity contribution >= 4 is 28.5 Å². The van der Waals surface area contributed by atoms with Crippen LogP contribution in [0.5, 0.6) is 0 Å². The number of benzene rings is 2. The maximum Gasteiger partial charge on any atom is 0.353 e. The minimum Gasteiger partial charge on any atom is -0.477 e. The molecule has 1 heterocycles. The minimum atomic E-state index is -0.936. The quantitative estimate of drug-likeness (QED) is 0.767. The van der Waals surface area contributed by atoms with Gasteiger partial charge in [0.1, 0.15) is 5.69 Å². The van der Waals surface area contributed by atoms with E-state index < -0.39 is 5.97 Å². The number of hydrogen-bond acceptors (Lipinski definition) is 1. The van der Waals surface area contributed by atoms with Crippen molar-refractivity contribution in [1.29, 1.82) is 0 Å². The molecule has 0 unspecified atom stereocenters. The number of hydrogen-bond donors (Lipinski definition) is 1. The maximum atomic E-state index is 11.6. The standard InChI is InChI=1S/C16H12ClNO2/c1-18-13-5-3-2-4-12(13)14(15(18)16(19)20)10-6-8-11(17)9-7-10/h2-9H,1H3,(H,19,20). The van der Waals surface area contributed by atoms with E-state index in [1.165, 1.54) is 0 Å². The number of aromatic nitrogens is 1. The molecule has 0 radical (unpaired) electrons. The van der Waals surface area contributed by atoms with E-state index in [1.807, 2.05) is 36.4 Å². The van der Waals surface area contributed by atoms with Crippen LogP contribution in [0.3, 0.4) is 0 Å². The molecular weight excluding hydrogens is 274 g/mol. The van der Waals surface area contributed by atoms with Gasteiger partial charge in [-0.3, -0.25) is 0 Å². The number of carboxylic acids is 1. The topological polar surface area (TPSA) is 42.2 Å². The van der Waals surface area contributed by atoms with E-state index in [9.17, 15) is 9.90 Å². The average Bonchev–Trinajstić information content (AvgIpc) is 2.74. The number of aryl methyl sites for hydroxylation is 1. The highest BCUT2D eigenvalue weighted by Crippen LogP contribution is 2.34. The van der Waals surface area contributed by atoms with E-state index in [4.69, 9.17) is 11.6 Å². The summed E-state index contributed by atoms with van der Waals surface area (Å²) in [6.07, 6.45) is 0. The Kier molecular flexibility index (Phi) is 2.99. The smallest absolute Gasteiger partial charge is 0.353 e. The fraction of sp³-hybridized carbons (Fsp3) is 0.0625. The highest BCUT2D eigenvalue weighted by atomic mass is 35.5. The molecule has 0 saturated carbocycles. The van der Waals surface area contributed by atoms with Gasteiger partial charge in [0.15, 0.2) is 0 Å². The summed E-state index contributed by atoms with van der Waals surface area (Å²) in [7, 11) is 1.77. The molecule has 3 rings (SSSR count). The van der Waals surface area contributed by atoms with Gasteiger partial charge in [-0.2, -0.15) is 0 Å². The first-order valence-electron chi connectivity index (χ1n) is 6.16. The van der Waals surface area contributed by atoms with Gasteiger partial charge in [0.25, 0.3) is 0 Å². The molecule has 0 atom stereocenters. The van der Waals surface area contributed by atoms with Crippen molar-refractivity contribution in [1.82, 2.24) is 4.57 Å². The number of fused-ring (bicyclic) bond motifs is 1. The fourth-order valence-electron chi connectivity index (χ4n) is 2.55. The van der Waals surface area contributed by atoms with Crippen molar-refractivity contribution in [2.24, 2.45) is 7.05 Å². The Bertz CT molecular complexity index is 803. The van der Waals surface area contributed by atoms with Crippen molar-refractivity contribution in [3.63, 3.8) is 0 Å². The van der Waals surface area contributed by atoms with Crippen molar-refractivity contribution in [2.75, 3.05) is 0 Å². The Morgan fingerprint density at radius 2 is 1.75 bits per heavy atom. The molecule has 0 aliphatic rings. The maximum absolute atomic E-state index is 11.6. The normalized spacial score (nSPS) is 10.9. The molecule has 0 saturated heterocycles. The molecule has 0 spiro atoms. The Morgan fingerprint density at radius 1 is 1.10 bits per heavy atom. The lowest BCUT2D eigenvalue weighted by Gasteiger charge is -2.04. The summed E-state index contributed by atoms with van der Waals surface area (Å²) in [5.41, 5.74) is 2.76. The highest BCUT2D eigenvalue weighted by molar-refractivity contribution is 6.30. The van der Waals surface area contributed by atoms with Crippen LogP contribution in [-0.2, 0) is 7.05 Å².